The Labute approximate surface area is 171 Å². The van der Waals surface area contributed by atoms with E-state index in [0.717, 1.165) is 25.3 Å². The van der Waals surface area contributed by atoms with Gasteiger partial charge in [0.05, 0.1) is 17.2 Å². The highest BCUT2D eigenvalue weighted by Crippen LogP contribution is 2.70. The number of nitrogens with zero attached hydrogens (tertiary/aromatic N) is 2. The van der Waals surface area contributed by atoms with Crippen LogP contribution in [0.15, 0.2) is 17.1 Å². The average Bonchev–Trinajstić information content (AvgIpc) is 3.51. The fourth-order valence-electron chi connectivity index (χ4n) is 6.44. The number of carboxylic acid groups (broad SMARTS) is 1. The van der Waals surface area contributed by atoms with E-state index in [9.17, 15) is 19.1 Å². The summed E-state index contributed by atoms with van der Waals surface area (Å²) < 4.78 is 30.8. The van der Waals surface area contributed by atoms with Crippen LogP contribution in [0.4, 0.5) is 14.5 Å². The highest BCUT2D eigenvalue weighted by atomic mass is 19.1. The summed E-state index contributed by atoms with van der Waals surface area (Å²) in [6.45, 7) is 2.97. The van der Waals surface area contributed by atoms with Gasteiger partial charge in [-0.25, -0.2) is 13.6 Å². The van der Waals surface area contributed by atoms with Crippen LogP contribution in [0.5, 0.6) is 0 Å². The number of fused-ring (bicyclic) bond motifs is 1. The predicted molar refractivity (Wildman–Crippen MR) is 107 cm³/mol. The van der Waals surface area contributed by atoms with Crippen molar-refractivity contribution >= 4 is 22.6 Å². The molecule has 0 radical (unpaired) electrons. The van der Waals surface area contributed by atoms with Crippen LogP contribution >= 0.6 is 0 Å². The van der Waals surface area contributed by atoms with Crippen LogP contribution < -0.4 is 16.1 Å². The van der Waals surface area contributed by atoms with Gasteiger partial charge in [0, 0.05) is 42.0 Å². The summed E-state index contributed by atoms with van der Waals surface area (Å²) in [5.74, 6) is -1.35. The van der Waals surface area contributed by atoms with Crippen molar-refractivity contribution in [3.63, 3.8) is 0 Å². The Kier molecular flexibility index (Phi) is 3.30. The van der Waals surface area contributed by atoms with Crippen molar-refractivity contribution in [3.8, 4) is 0 Å². The van der Waals surface area contributed by atoms with Crippen LogP contribution in [-0.2, 0) is 0 Å². The molecule has 158 valence electrons. The monoisotopic (exact) mass is 415 g/mol. The van der Waals surface area contributed by atoms with E-state index in [1.807, 2.05) is 4.90 Å². The van der Waals surface area contributed by atoms with Crippen molar-refractivity contribution in [1.29, 1.82) is 0 Å². The summed E-state index contributed by atoms with van der Waals surface area (Å²) >= 11 is 0. The fourth-order valence-corrected chi connectivity index (χ4v) is 6.44. The molecule has 3 aliphatic carbocycles. The van der Waals surface area contributed by atoms with E-state index in [2.05, 4.69) is 0 Å². The number of halogens is 2. The van der Waals surface area contributed by atoms with Crippen LogP contribution in [0.1, 0.15) is 47.6 Å². The van der Waals surface area contributed by atoms with Gasteiger partial charge in [-0.15, -0.1) is 0 Å². The number of aromatic nitrogens is 1. The standard InChI is InChI=1S/C22H23F2N3O3/c1-10-17-12(19(28)13(20(29)30)7-27(17)16-5-14(16)23)4-15(24)18(10)26-8-21-6-11(21)2-3-22(21,25)9-26/h4,7,11,14,16H,2-3,5-6,8-9,25H2,1H3,(H,29,30)/t11?,14-,16?,21?,22+/m0/s1. The molecule has 0 bridgehead atoms. The van der Waals surface area contributed by atoms with Gasteiger partial charge in [0.1, 0.15) is 17.6 Å². The Morgan fingerprint density at radius 2 is 2.10 bits per heavy atom. The van der Waals surface area contributed by atoms with Gasteiger partial charge in [-0.1, -0.05) is 0 Å². The number of benzene rings is 1. The summed E-state index contributed by atoms with van der Waals surface area (Å²) in [5.41, 5.74) is 6.60. The van der Waals surface area contributed by atoms with Crippen molar-refractivity contribution < 1.29 is 18.7 Å². The van der Waals surface area contributed by atoms with Gasteiger partial charge in [-0.3, -0.25) is 4.79 Å². The summed E-state index contributed by atoms with van der Waals surface area (Å²) in [6, 6.07) is 0.589. The van der Waals surface area contributed by atoms with E-state index in [1.165, 1.54) is 10.8 Å². The van der Waals surface area contributed by atoms with Crippen LogP contribution in [-0.4, -0.2) is 40.4 Å². The first-order valence-corrected chi connectivity index (χ1v) is 10.5. The maximum absolute atomic E-state index is 15.4. The molecular weight excluding hydrogens is 392 g/mol. The number of pyridine rings is 1. The lowest BCUT2D eigenvalue weighted by molar-refractivity contribution is 0.0694. The van der Waals surface area contributed by atoms with E-state index in [0.29, 0.717) is 35.8 Å². The lowest BCUT2D eigenvalue weighted by atomic mass is 9.86. The van der Waals surface area contributed by atoms with Gasteiger partial charge < -0.3 is 20.3 Å². The molecule has 3 unspecified atom stereocenters. The molecule has 1 saturated heterocycles. The Bertz CT molecular complexity index is 1200. The van der Waals surface area contributed by atoms with E-state index >= 15 is 4.39 Å². The quantitative estimate of drug-likeness (QED) is 0.805. The first kappa shape index (κ1) is 18.3. The van der Waals surface area contributed by atoms with Crippen molar-refractivity contribution in [2.24, 2.45) is 17.1 Å². The number of carbonyl (C=O) groups is 1. The highest BCUT2D eigenvalue weighted by Gasteiger charge is 2.72. The summed E-state index contributed by atoms with van der Waals surface area (Å²) in [5, 5.41) is 9.40. The van der Waals surface area contributed by atoms with Crippen molar-refractivity contribution in [1.82, 2.24) is 4.57 Å². The van der Waals surface area contributed by atoms with Gasteiger partial charge >= 0.3 is 5.97 Å². The Morgan fingerprint density at radius 1 is 1.37 bits per heavy atom. The van der Waals surface area contributed by atoms with Crippen LogP contribution in [0, 0.1) is 24.1 Å². The van der Waals surface area contributed by atoms with Gasteiger partial charge in [-0.2, -0.15) is 0 Å². The average molecular weight is 415 g/mol. The predicted octanol–water partition coefficient (Wildman–Crippen LogP) is 2.75. The molecule has 2 aromatic rings. The van der Waals surface area contributed by atoms with Crippen LogP contribution in [0.3, 0.4) is 0 Å². The smallest absolute Gasteiger partial charge is 0.341 e. The molecule has 1 aromatic carbocycles. The van der Waals surface area contributed by atoms with E-state index in [1.54, 1.807) is 6.92 Å². The van der Waals surface area contributed by atoms with Gasteiger partial charge in [0.15, 0.2) is 0 Å². The number of hydrogen-bond donors (Lipinski definition) is 2. The van der Waals surface area contributed by atoms with E-state index < -0.39 is 35.0 Å². The minimum absolute atomic E-state index is 0.0166. The number of aromatic carboxylic acids is 1. The lowest BCUT2D eigenvalue weighted by Gasteiger charge is -2.27. The maximum atomic E-state index is 15.4. The molecule has 4 aliphatic rings. The summed E-state index contributed by atoms with van der Waals surface area (Å²) in [7, 11) is 0. The Morgan fingerprint density at radius 3 is 2.70 bits per heavy atom. The second kappa shape index (κ2) is 5.41. The zero-order valence-corrected chi connectivity index (χ0v) is 16.6. The molecule has 5 atom stereocenters. The number of anilines is 1. The second-order valence-electron chi connectivity index (χ2n) is 9.74. The maximum Gasteiger partial charge on any atom is 0.341 e. The van der Waals surface area contributed by atoms with Gasteiger partial charge in [-0.05, 0) is 43.7 Å². The molecule has 8 heteroatoms. The number of aryl methyl sites for hydroxylation is 1. The first-order chi connectivity index (χ1) is 14.2. The molecule has 3 saturated carbocycles. The first-order valence-electron chi connectivity index (χ1n) is 10.5. The highest BCUT2D eigenvalue weighted by molar-refractivity contribution is 5.95. The summed E-state index contributed by atoms with van der Waals surface area (Å²) in [4.78, 5) is 26.3. The zero-order valence-electron chi connectivity index (χ0n) is 16.6. The lowest BCUT2D eigenvalue weighted by Crippen LogP contribution is -2.47. The molecule has 1 aromatic heterocycles. The molecule has 2 heterocycles. The Hall–Kier alpha value is -2.48. The molecule has 4 fully saturated rings. The minimum atomic E-state index is -1.40. The van der Waals surface area contributed by atoms with Crippen molar-refractivity contribution in [2.75, 3.05) is 18.0 Å². The molecule has 6 rings (SSSR count). The molecule has 1 aliphatic heterocycles. The number of nitrogens with two attached hydrogens (primary N) is 1. The van der Waals surface area contributed by atoms with Gasteiger partial charge in [0.25, 0.3) is 0 Å². The zero-order chi connectivity index (χ0) is 21.2. The second-order valence-corrected chi connectivity index (χ2v) is 9.74. The number of rotatable bonds is 3. The molecule has 0 amide bonds. The molecular formula is C22H23F2N3O3. The number of carboxylic acids is 1. The third kappa shape index (κ3) is 2.10. The fraction of sp³-hybridized carbons (Fsp3) is 0.545. The van der Waals surface area contributed by atoms with E-state index in [4.69, 9.17) is 5.73 Å². The molecule has 1 spiro atoms. The van der Waals surface area contributed by atoms with Crippen LogP contribution in [0.2, 0.25) is 0 Å². The van der Waals surface area contributed by atoms with E-state index in [-0.39, 0.29) is 22.8 Å². The third-order valence-corrected chi connectivity index (χ3v) is 8.17. The SMILES string of the molecule is Cc1c(N2CC34CC3CC[C@@]4(N)C2)c(F)cc2c(=O)c(C(=O)O)cn(C3C[C@@H]3F)c12. The molecule has 30 heavy (non-hydrogen) atoms. The number of hydrogen-bond acceptors (Lipinski definition) is 4. The summed E-state index contributed by atoms with van der Waals surface area (Å²) in [6.07, 6.45) is 3.50. The van der Waals surface area contributed by atoms with Crippen molar-refractivity contribution in [2.45, 2.75) is 50.4 Å². The van der Waals surface area contributed by atoms with Gasteiger partial charge in [0.2, 0.25) is 5.43 Å². The Balaban J connectivity index is 1.56. The molecule has 6 nitrogen and oxygen atoms in total. The largest absolute Gasteiger partial charge is 0.477 e. The minimum Gasteiger partial charge on any atom is -0.477 e. The molecule has 3 N–H and O–H groups in total. The number of alkyl halides is 1. The van der Waals surface area contributed by atoms with Crippen molar-refractivity contribution in [3.05, 3.63) is 39.4 Å². The third-order valence-electron chi connectivity index (χ3n) is 8.17. The normalized spacial score (nSPS) is 36.1. The topological polar surface area (TPSA) is 88.6 Å². The van der Waals surface area contributed by atoms with Crippen LogP contribution in [0.25, 0.3) is 10.9 Å².